The van der Waals surface area contributed by atoms with Gasteiger partial charge in [-0.2, -0.15) is 13.2 Å². The van der Waals surface area contributed by atoms with E-state index in [1.807, 2.05) is 12.1 Å². The third-order valence-corrected chi connectivity index (χ3v) is 1.87. The lowest BCUT2D eigenvalue weighted by Gasteiger charge is -2.08. The van der Waals surface area contributed by atoms with E-state index >= 15 is 0 Å². The Kier molecular flexibility index (Phi) is 3.91. The quantitative estimate of drug-likeness (QED) is 0.814. The van der Waals surface area contributed by atoms with Crippen LogP contribution in [0.4, 0.5) is 13.2 Å². The van der Waals surface area contributed by atoms with Gasteiger partial charge in [-0.3, -0.25) is 0 Å². The second-order valence-electron chi connectivity index (χ2n) is 3.16. The molecule has 15 heavy (non-hydrogen) atoms. The third-order valence-electron chi connectivity index (χ3n) is 1.87. The van der Waals surface area contributed by atoms with Gasteiger partial charge in [0.05, 0.1) is 6.54 Å². The number of hydrogen-bond acceptors (Lipinski definition) is 1. The first-order valence-corrected chi connectivity index (χ1v) is 4.50. The van der Waals surface area contributed by atoms with Gasteiger partial charge in [0.15, 0.2) is 0 Å². The summed E-state index contributed by atoms with van der Waals surface area (Å²) >= 11 is 0. The average Bonchev–Trinajstić information content (AvgIpc) is 2.17. The van der Waals surface area contributed by atoms with Crippen molar-refractivity contribution in [2.75, 3.05) is 6.54 Å². The molecule has 0 radical (unpaired) electrons. The van der Waals surface area contributed by atoms with Crippen molar-refractivity contribution in [2.24, 2.45) is 0 Å². The van der Waals surface area contributed by atoms with Gasteiger partial charge in [-0.25, -0.2) is 0 Å². The van der Waals surface area contributed by atoms with Crippen LogP contribution >= 0.6 is 0 Å². The van der Waals surface area contributed by atoms with Crippen LogP contribution in [0.3, 0.4) is 0 Å². The summed E-state index contributed by atoms with van der Waals surface area (Å²) in [5.74, 6) is 0. The fraction of sp³-hybridized carbons (Fsp3) is 0.273. The lowest BCUT2D eigenvalue weighted by atomic mass is 10.1. The van der Waals surface area contributed by atoms with Gasteiger partial charge in [0.1, 0.15) is 0 Å². The van der Waals surface area contributed by atoms with Crippen LogP contribution in [0.2, 0.25) is 0 Å². The second-order valence-corrected chi connectivity index (χ2v) is 3.16. The Bertz CT molecular complexity index is 314. The maximum absolute atomic E-state index is 11.8. The molecule has 0 saturated heterocycles. The van der Waals surface area contributed by atoms with Gasteiger partial charge in [-0.15, -0.1) is 0 Å². The maximum atomic E-state index is 11.8. The minimum atomic E-state index is -4.15. The molecule has 0 aliphatic heterocycles. The van der Waals surface area contributed by atoms with Crippen LogP contribution in [-0.2, 0) is 6.54 Å². The molecule has 1 N–H and O–H groups in total. The fourth-order valence-corrected chi connectivity index (χ4v) is 1.12. The van der Waals surface area contributed by atoms with E-state index in [4.69, 9.17) is 0 Å². The average molecular weight is 215 g/mol. The summed E-state index contributed by atoms with van der Waals surface area (Å²) in [6, 6.07) is 7.19. The fourth-order valence-electron chi connectivity index (χ4n) is 1.12. The van der Waals surface area contributed by atoms with Gasteiger partial charge < -0.3 is 5.32 Å². The molecule has 0 aromatic heterocycles. The van der Waals surface area contributed by atoms with E-state index in [0.29, 0.717) is 0 Å². The van der Waals surface area contributed by atoms with Crippen molar-refractivity contribution in [1.82, 2.24) is 5.32 Å². The standard InChI is InChI=1S/C11H12F3N/c1-2-9-3-5-10(6-4-9)7-15-8-11(12,13)14/h2-6,15H,1,7-8H2. The zero-order chi connectivity index (χ0) is 11.3. The largest absolute Gasteiger partial charge is 0.401 e. The van der Waals surface area contributed by atoms with Crippen LogP contribution in [0, 0.1) is 0 Å². The Labute approximate surface area is 86.6 Å². The van der Waals surface area contributed by atoms with Gasteiger partial charge in [0, 0.05) is 6.54 Å². The molecule has 0 aliphatic carbocycles. The van der Waals surface area contributed by atoms with E-state index in [9.17, 15) is 13.2 Å². The molecule has 0 bridgehead atoms. The molecule has 0 atom stereocenters. The molecule has 1 nitrogen and oxygen atoms in total. The number of halogens is 3. The maximum Gasteiger partial charge on any atom is 0.401 e. The molecular weight excluding hydrogens is 203 g/mol. The number of hydrogen-bond donors (Lipinski definition) is 1. The predicted octanol–water partition coefficient (Wildman–Crippen LogP) is 2.98. The summed E-state index contributed by atoms with van der Waals surface area (Å²) in [4.78, 5) is 0. The van der Waals surface area contributed by atoms with Crippen LogP contribution in [0.15, 0.2) is 30.8 Å². The van der Waals surface area contributed by atoms with Crippen LogP contribution in [-0.4, -0.2) is 12.7 Å². The monoisotopic (exact) mass is 215 g/mol. The molecule has 1 rings (SSSR count). The molecule has 0 spiro atoms. The first-order valence-electron chi connectivity index (χ1n) is 4.50. The number of alkyl halides is 3. The minimum Gasteiger partial charge on any atom is -0.305 e. The molecule has 0 aliphatic rings. The Morgan fingerprint density at radius 2 is 1.80 bits per heavy atom. The van der Waals surface area contributed by atoms with Crippen LogP contribution < -0.4 is 5.32 Å². The van der Waals surface area contributed by atoms with Gasteiger partial charge >= 0.3 is 6.18 Å². The van der Waals surface area contributed by atoms with Crippen LogP contribution in [0.5, 0.6) is 0 Å². The highest BCUT2D eigenvalue weighted by molar-refractivity contribution is 5.47. The highest BCUT2D eigenvalue weighted by atomic mass is 19.4. The number of benzene rings is 1. The van der Waals surface area contributed by atoms with Crippen molar-refractivity contribution in [3.05, 3.63) is 42.0 Å². The van der Waals surface area contributed by atoms with E-state index in [-0.39, 0.29) is 6.54 Å². The van der Waals surface area contributed by atoms with Crippen molar-refractivity contribution in [2.45, 2.75) is 12.7 Å². The number of nitrogens with one attached hydrogen (secondary N) is 1. The molecule has 1 aromatic carbocycles. The minimum absolute atomic E-state index is 0.219. The van der Waals surface area contributed by atoms with Gasteiger partial charge in [-0.1, -0.05) is 36.9 Å². The summed E-state index contributed by atoms with van der Waals surface area (Å²) in [5.41, 5.74) is 1.78. The smallest absolute Gasteiger partial charge is 0.305 e. The van der Waals surface area contributed by atoms with Gasteiger partial charge in [0.2, 0.25) is 0 Å². The molecule has 0 saturated carbocycles. The van der Waals surface area contributed by atoms with Crippen molar-refractivity contribution in [1.29, 1.82) is 0 Å². The molecule has 0 fully saturated rings. The summed E-state index contributed by atoms with van der Waals surface area (Å²) in [6.45, 7) is 2.85. The Hall–Kier alpha value is -1.29. The summed E-state index contributed by atoms with van der Waals surface area (Å²) < 4.78 is 35.4. The third kappa shape index (κ3) is 4.65. The van der Waals surface area contributed by atoms with E-state index < -0.39 is 12.7 Å². The van der Waals surface area contributed by atoms with E-state index in [1.165, 1.54) is 0 Å². The van der Waals surface area contributed by atoms with Crippen molar-refractivity contribution >= 4 is 6.08 Å². The Morgan fingerprint density at radius 1 is 1.20 bits per heavy atom. The first-order chi connectivity index (χ1) is 7.01. The Morgan fingerprint density at radius 3 is 2.27 bits per heavy atom. The van der Waals surface area contributed by atoms with Gasteiger partial charge in [-0.05, 0) is 11.1 Å². The lowest BCUT2D eigenvalue weighted by molar-refractivity contribution is -0.125. The molecule has 4 heteroatoms. The zero-order valence-corrected chi connectivity index (χ0v) is 8.14. The molecule has 0 amide bonds. The summed E-state index contributed by atoms with van der Waals surface area (Å²) in [6.07, 6.45) is -2.46. The van der Waals surface area contributed by atoms with E-state index in [0.717, 1.165) is 11.1 Å². The molecule has 0 unspecified atom stereocenters. The number of rotatable bonds is 4. The molecular formula is C11H12F3N. The van der Waals surface area contributed by atoms with Gasteiger partial charge in [0.25, 0.3) is 0 Å². The van der Waals surface area contributed by atoms with Crippen molar-refractivity contribution in [3.63, 3.8) is 0 Å². The molecule has 82 valence electrons. The van der Waals surface area contributed by atoms with Crippen molar-refractivity contribution < 1.29 is 13.2 Å². The lowest BCUT2D eigenvalue weighted by Crippen LogP contribution is -2.28. The van der Waals surface area contributed by atoms with Crippen LogP contribution in [0.25, 0.3) is 6.08 Å². The highest BCUT2D eigenvalue weighted by Gasteiger charge is 2.25. The second kappa shape index (κ2) is 4.98. The molecule has 0 heterocycles. The van der Waals surface area contributed by atoms with E-state index in [1.54, 1.807) is 18.2 Å². The highest BCUT2D eigenvalue weighted by Crippen LogP contribution is 2.12. The zero-order valence-electron chi connectivity index (χ0n) is 8.14. The molecule has 1 aromatic rings. The topological polar surface area (TPSA) is 12.0 Å². The van der Waals surface area contributed by atoms with Crippen molar-refractivity contribution in [3.8, 4) is 0 Å². The summed E-state index contributed by atoms with van der Waals surface area (Å²) in [5, 5.41) is 2.33. The predicted molar refractivity (Wildman–Crippen MR) is 54.3 cm³/mol. The van der Waals surface area contributed by atoms with E-state index in [2.05, 4.69) is 11.9 Å². The van der Waals surface area contributed by atoms with Crippen LogP contribution in [0.1, 0.15) is 11.1 Å². The SMILES string of the molecule is C=Cc1ccc(CNCC(F)(F)F)cc1. The normalized spacial score (nSPS) is 11.4. The first kappa shape index (κ1) is 11.8. The Balaban J connectivity index is 2.41. The summed E-state index contributed by atoms with van der Waals surface area (Å²) in [7, 11) is 0.